The SMILES string of the molecule is COC(=O)N1CCC(c2ccccc2)(C(F)(F)F)C1. The number of hydrogen-bond acceptors (Lipinski definition) is 2. The predicted molar refractivity (Wildman–Crippen MR) is 62.8 cm³/mol. The number of hydrogen-bond donors (Lipinski definition) is 0. The van der Waals surface area contributed by atoms with Gasteiger partial charge in [0.25, 0.3) is 0 Å². The molecule has 19 heavy (non-hydrogen) atoms. The average Bonchev–Trinajstić information content (AvgIpc) is 2.85. The number of rotatable bonds is 1. The smallest absolute Gasteiger partial charge is 0.409 e. The third-order valence-corrected chi connectivity index (χ3v) is 3.57. The molecule has 1 heterocycles. The van der Waals surface area contributed by atoms with Gasteiger partial charge in [0, 0.05) is 13.1 Å². The summed E-state index contributed by atoms with van der Waals surface area (Å²) in [6.45, 7) is -0.353. The Labute approximate surface area is 109 Å². The van der Waals surface area contributed by atoms with Crippen molar-refractivity contribution in [1.29, 1.82) is 0 Å². The van der Waals surface area contributed by atoms with Gasteiger partial charge in [0.2, 0.25) is 0 Å². The maximum Gasteiger partial charge on any atom is 0.409 e. The van der Waals surface area contributed by atoms with E-state index in [9.17, 15) is 18.0 Å². The maximum absolute atomic E-state index is 13.5. The zero-order valence-electron chi connectivity index (χ0n) is 10.4. The first kappa shape index (κ1) is 13.7. The van der Waals surface area contributed by atoms with Crippen LogP contribution in [-0.2, 0) is 10.2 Å². The minimum absolute atomic E-state index is 0.0427. The summed E-state index contributed by atoms with van der Waals surface area (Å²) < 4.78 is 44.9. The van der Waals surface area contributed by atoms with Crippen LogP contribution in [0.15, 0.2) is 30.3 Å². The van der Waals surface area contributed by atoms with E-state index < -0.39 is 24.2 Å². The number of halogens is 3. The second-order valence-corrected chi connectivity index (χ2v) is 4.59. The van der Waals surface area contributed by atoms with E-state index >= 15 is 0 Å². The molecule has 0 spiro atoms. The Bertz CT molecular complexity index is 461. The van der Waals surface area contributed by atoms with E-state index in [0.29, 0.717) is 0 Å². The number of benzene rings is 1. The van der Waals surface area contributed by atoms with Crippen molar-refractivity contribution in [2.75, 3.05) is 20.2 Å². The van der Waals surface area contributed by atoms with Crippen molar-refractivity contribution in [3.63, 3.8) is 0 Å². The van der Waals surface area contributed by atoms with Crippen molar-refractivity contribution in [2.24, 2.45) is 0 Å². The molecule has 1 aliphatic heterocycles. The van der Waals surface area contributed by atoms with Gasteiger partial charge in [0.1, 0.15) is 5.41 Å². The summed E-state index contributed by atoms with van der Waals surface area (Å²) in [5.74, 6) is 0. The fourth-order valence-electron chi connectivity index (χ4n) is 2.48. The molecule has 6 heteroatoms. The van der Waals surface area contributed by atoms with E-state index in [1.165, 1.54) is 19.2 Å². The zero-order valence-corrected chi connectivity index (χ0v) is 10.4. The second kappa shape index (κ2) is 4.75. The van der Waals surface area contributed by atoms with E-state index in [4.69, 9.17) is 0 Å². The van der Waals surface area contributed by atoms with Gasteiger partial charge in [-0.15, -0.1) is 0 Å². The lowest BCUT2D eigenvalue weighted by atomic mass is 9.79. The van der Waals surface area contributed by atoms with Crippen LogP contribution in [0.4, 0.5) is 18.0 Å². The number of nitrogens with zero attached hydrogens (tertiary/aromatic N) is 1. The summed E-state index contributed by atoms with van der Waals surface area (Å²) in [4.78, 5) is 12.5. The minimum atomic E-state index is -4.41. The van der Waals surface area contributed by atoms with Crippen LogP contribution in [-0.4, -0.2) is 37.4 Å². The van der Waals surface area contributed by atoms with Crippen LogP contribution >= 0.6 is 0 Å². The Morgan fingerprint density at radius 1 is 1.32 bits per heavy atom. The summed E-state index contributed by atoms with van der Waals surface area (Å²) in [6.07, 6.45) is -5.27. The third-order valence-electron chi connectivity index (χ3n) is 3.57. The zero-order chi connectivity index (χ0) is 14.1. The summed E-state index contributed by atoms with van der Waals surface area (Å²) in [6, 6.07) is 7.72. The van der Waals surface area contributed by atoms with Gasteiger partial charge in [-0.3, -0.25) is 0 Å². The first-order valence-electron chi connectivity index (χ1n) is 5.86. The molecule has 1 atom stereocenters. The van der Waals surface area contributed by atoms with E-state index in [2.05, 4.69) is 4.74 Å². The largest absolute Gasteiger partial charge is 0.453 e. The highest BCUT2D eigenvalue weighted by Gasteiger charge is 2.59. The molecule has 0 aliphatic carbocycles. The third kappa shape index (κ3) is 2.27. The first-order valence-corrected chi connectivity index (χ1v) is 5.86. The molecule has 1 amide bonds. The number of amides is 1. The number of methoxy groups -OCH3 is 1. The lowest BCUT2D eigenvalue weighted by molar-refractivity contribution is -0.186. The molecule has 1 unspecified atom stereocenters. The lowest BCUT2D eigenvalue weighted by Gasteiger charge is -2.32. The van der Waals surface area contributed by atoms with Crippen LogP contribution in [0.25, 0.3) is 0 Å². The van der Waals surface area contributed by atoms with Crippen LogP contribution in [0.2, 0.25) is 0 Å². The number of ether oxygens (including phenoxy) is 1. The van der Waals surface area contributed by atoms with Crippen molar-refractivity contribution in [2.45, 2.75) is 18.0 Å². The van der Waals surface area contributed by atoms with Gasteiger partial charge in [0.05, 0.1) is 7.11 Å². The van der Waals surface area contributed by atoms with Crippen LogP contribution in [0, 0.1) is 0 Å². The van der Waals surface area contributed by atoms with Crippen LogP contribution in [0.5, 0.6) is 0 Å². The molecule has 0 bridgehead atoms. The molecule has 104 valence electrons. The quantitative estimate of drug-likeness (QED) is 0.787. The fourth-order valence-corrected chi connectivity index (χ4v) is 2.48. The van der Waals surface area contributed by atoms with Crippen LogP contribution in [0.1, 0.15) is 12.0 Å². The van der Waals surface area contributed by atoms with E-state index in [1.54, 1.807) is 18.2 Å². The molecule has 0 saturated carbocycles. The van der Waals surface area contributed by atoms with Crippen molar-refractivity contribution < 1.29 is 22.7 Å². The van der Waals surface area contributed by atoms with Crippen molar-refractivity contribution in [1.82, 2.24) is 4.90 Å². The number of carbonyl (C=O) groups is 1. The summed E-state index contributed by atoms with van der Waals surface area (Å²) >= 11 is 0. The highest BCUT2D eigenvalue weighted by atomic mass is 19.4. The summed E-state index contributed by atoms with van der Waals surface area (Å²) in [5, 5.41) is 0. The lowest BCUT2D eigenvalue weighted by Crippen LogP contribution is -2.45. The second-order valence-electron chi connectivity index (χ2n) is 4.59. The molecule has 3 nitrogen and oxygen atoms in total. The van der Waals surface area contributed by atoms with Gasteiger partial charge in [0.15, 0.2) is 0 Å². The molecule has 0 aromatic heterocycles. The molecular formula is C13H14F3NO2. The standard InChI is InChI=1S/C13H14F3NO2/c1-19-11(18)17-8-7-12(9-17,13(14,15)16)10-5-3-2-4-6-10/h2-6H,7-9H2,1H3. The Morgan fingerprint density at radius 2 is 1.95 bits per heavy atom. The van der Waals surface area contributed by atoms with Gasteiger partial charge >= 0.3 is 12.3 Å². The first-order chi connectivity index (χ1) is 8.90. The van der Waals surface area contributed by atoms with Gasteiger partial charge in [-0.1, -0.05) is 30.3 Å². The van der Waals surface area contributed by atoms with E-state index in [-0.39, 0.29) is 18.5 Å². The summed E-state index contributed by atoms with van der Waals surface area (Å²) in [5.41, 5.74) is -1.81. The van der Waals surface area contributed by atoms with E-state index in [1.807, 2.05) is 0 Å². The molecule has 1 aliphatic rings. The van der Waals surface area contributed by atoms with E-state index in [0.717, 1.165) is 4.90 Å². The Morgan fingerprint density at radius 3 is 2.47 bits per heavy atom. The molecule has 0 N–H and O–H groups in total. The minimum Gasteiger partial charge on any atom is -0.453 e. The Hall–Kier alpha value is -1.72. The molecule has 1 aromatic carbocycles. The maximum atomic E-state index is 13.5. The van der Waals surface area contributed by atoms with Gasteiger partial charge in [-0.25, -0.2) is 4.79 Å². The highest BCUT2D eigenvalue weighted by Crippen LogP contribution is 2.47. The molecule has 1 saturated heterocycles. The molecule has 2 rings (SSSR count). The fraction of sp³-hybridized carbons (Fsp3) is 0.462. The van der Waals surface area contributed by atoms with Crippen molar-refractivity contribution in [3.8, 4) is 0 Å². The molecule has 1 aromatic rings. The van der Waals surface area contributed by atoms with Gasteiger partial charge in [-0.2, -0.15) is 13.2 Å². The number of likely N-dealkylation sites (tertiary alicyclic amines) is 1. The topological polar surface area (TPSA) is 29.5 Å². The van der Waals surface area contributed by atoms with Crippen molar-refractivity contribution in [3.05, 3.63) is 35.9 Å². The molecule has 1 fully saturated rings. The number of carbonyl (C=O) groups excluding carboxylic acids is 1. The number of alkyl halides is 3. The van der Waals surface area contributed by atoms with Gasteiger partial charge in [-0.05, 0) is 12.0 Å². The Kier molecular flexibility index (Phi) is 3.43. The predicted octanol–water partition coefficient (Wildman–Crippen LogP) is 2.96. The van der Waals surface area contributed by atoms with Crippen LogP contribution in [0.3, 0.4) is 0 Å². The van der Waals surface area contributed by atoms with Crippen LogP contribution < -0.4 is 0 Å². The highest BCUT2D eigenvalue weighted by molar-refractivity contribution is 5.68. The van der Waals surface area contributed by atoms with Gasteiger partial charge < -0.3 is 9.64 Å². The molecular weight excluding hydrogens is 259 g/mol. The normalized spacial score (nSPS) is 23.5. The van der Waals surface area contributed by atoms with Crippen molar-refractivity contribution >= 4 is 6.09 Å². The summed E-state index contributed by atoms with van der Waals surface area (Å²) in [7, 11) is 1.17. The molecule has 0 radical (unpaired) electrons. The Balaban J connectivity index is 2.38. The average molecular weight is 273 g/mol. The monoisotopic (exact) mass is 273 g/mol.